The molecule has 0 atom stereocenters. The summed E-state index contributed by atoms with van der Waals surface area (Å²) in [5, 5.41) is 4.14. The Morgan fingerprint density at radius 1 is 1.29 bits per heavy atom. The topological polar surface area (TPSA) is 17.8 Å². The molecule has 0 fully saturated rings. The Hall–Kier alpha value is -2.05. The molecule has 0 aliphatic rings. The van der Waals surface area contributed by atoms with E-state index >= 15 is 0 Å². The van der Waals surface area contributed by atoms with Crippen LogP contribution in [0.1, 0.15) is 5.56 Å². The molecule has 0 N–H and O–H groups in total. The van der Waals surface area contributed by atoms with Gasteiger partial charge in [-0.05, 0) is 29.8 Å². The SMILES string of the molecule is C=C=Cc1ccc(-n2cccn2)cc1. The third kappa shape index (κ3) is 1.65. The molecule has 1 heterocycles. The first kappa shape index (κ1) is 8.54. The van der Waals surface area contributed by atoms with Gasteiger partial charge in [-0.25, -0.2) is 4.68 Å². The van der Waals surface area contributed by atoms with Crippen molar-refractivity contribution in [3.63, 3.8) is 0 Å². The molecule has 1 aromatic carbocycles. The van der Waals surface area contributed by atoms with Crippen LogP contribution in [0.15, 0.2) is 55.0 Å². The Morgan fingerprint density at radius 3 is 2.64 bits per heavy atom. The highest BCUT2D eigenvalue weighted by molar-refractivity contribution is 5.50. The molecule has 2 aromatic rings. The summed E-state index contributed by atoms with van der Waals surface area (Å²) < 4.78 is 1.82. The summed E-state index contributed by atoms with van der Waals surface area (Å²) in [7, 11) is 0. The summed E-state index contributed by atoms with van der Waals surface area (Å²) in [6.45, 7) is 3.53. The molecule has 0 amide bonds. The molecular weight excluding hydrogens is 172 g/mol. The van der Waals surface area contributed by atoms with Crippen LogP contribution >= 0.6 is 0 Å². The third-order valence-electron chi connectivity index (χ3n) is 1.93. The first-order valence-electron chi connectivity index (χ1n) is 4.36. The molecule has 0 spiro atoms. The highest BCUT2D eigenvalue weighted by atomic mass is 15.3. The average Bonchev–Trinajstić information content (AvgIpc) is 2.72. The van der Waals surface area contributed by atoms with E-state index < -0.39 is 0 Å². The average molecular weight is 182 g/mol. The van der Waals surface area contributed by atoms with E-state index in [2.05, 4.69) is 17.4 Å². The van der Waals surface area contributed by atoms with Gasteiger partial charge in [0.2, 0.25) is 0 Å². The van der Waals surface area contributed by atoms with Gasteiger partial charge in [-0.2, -0.15) is 5.10 Å². The summed E-state index contributed by atoms with van der Waals surface area (Å²) in [5.41, 5.74) is 4.89. The van der Waals surface area contributed by atoms with Crippen LogP contribution in [0.25, 0.3) is 11.8 Å². The second-order valence-electron chi connectivity index (χ2n) is 2.89. The molecule has 14 heavy (non-hydrogen) atoms. The standard InChI is InChI=1S/C12H10N2/c1-2-4-11-5-7-12(8-6-11)14-10-3-9-13-14/h3-10H,1H2. The number of nitrogens with zero attached hydrogens (tertiary/aromatic N) is 2. The lowest BCUT2D eigenvalue weighted by atomic mass is 10.2. The Balaban J connectivity index is 2.35. The predicted molar refractivity (Wildman–Crippen MR) is 57.2 cm³/mol. The minimum atomic E-state index is 1.05. The van der Waals surface area contributed by atoms with Crippen molar-refractivity contribution < 1.29 is 0 Å². The lowest BCUT2D eigenvalue weighted by Gasteiger charge is -2.00. The van der Waals surface area contributed by atoms with Gasteiger partial charge in [0.25, 0.3) is 0 Å². The monoisotopic (exact) mass is 182 g/mol. The van der Waals surface area contributed by atoms with Crippen LogP contribution in [0.2, 0.25) is 0 Å². The molecule has 0 unspecified atom stereocenters. The van der Waals surface area contributed by atoms with Gasteiger partial charge in [-0.1, -0.05) is 18.7 Å². The predicted octanol–water partition coefficient (Wildman–Crippen LogP) is 2.67. The normalized spacial score (nSPS) is 9.43. The van der Waals surface area contributed by atoms with Crippen LogP contribution in [0.5, 0.6) is 0 Å². The quantitative estimate of drug-likeness (QED) is 0.653. The van der Waals surface area contributed by atoms with E-state index in [9.17, 15) is 0 Å². The molecule has 2 nitrogen and oxygen atoms in total. The minimum absolute atomic E-state index is 1.05. The zero-order chi connectivity index (χ0) is 9.80. The molecule has 1 aromatic heterocycles. The summed E-state index contributed by atoms with van der Waals surface area (Å²) >= 11 is 0. The van der Waals surface area contributed by atoms with Crippen LogP contribution in [0.3, 0.4) is 0 Å². The van der Waals surface area contributed by atoms with E-state index in [1.165, 1.54) is 0 Å². The van der Waals surface area contributed by atoms with Crippen molar-refractivity contribution in [1.29, 1.82) is 0 Å². The summed E-state index contributed by atoms with van der Waals surface area (Å²) in [4.78, 5) is 0. The maximum Gasteiger partial charge on any atom is 0.0645 e. The Bertz CT molecular complexity index is 446. The van der Waals surface area contributed by atoms with Gasteiger partial charge in [0.15, 0.2) is 0 Å². The summed E-state index contributed by atoms with van der Waals surface area (Å²) in [6, 6.07) is 9.94. The van der Waals surface area contributed by atoms with Crippen LogP contribution < -0.4 is 0 Å². The third-order valence-corrected chi connectivity index (χ3v) is 1.93. The molecular formula is C12H10N2. The van der Waals surface area contributed by atoms with Crippen molar-refractivity contribution in [1.82, 2.24) is 9.78 Å². The second-order valence-corrected chi connectivity index (χ2v) is 2.89. The van der Waals surface area contributed by atoms with Gasteiger partial charge in [0.05, 0.1) is 5.69 Å². The molecule has 0 aliphatic carbocycles. The van der Waals surface area contributed by atoms with E-state index in [0.29, 0.717) is 0 Å². The Kier molecular flexibility index (Phi) is 2.30. The highest BCUT2D eigenvalue weighted by Crippen LogP contribution is 2.09. The fourth-order valence-electron chi connectivity index (χ4n) is 1.26. The summed E-state index contributed by atoms with van der Waals surface area (Å²) in [6.07, 6.45) is 5.52. The molecule has 0 aliphatic heterocycles. The van der Waals surface area contributed by atoms with E-state index in [1.807, 2.05) is 47.3 Å². The maximum absolute atomic E-state index is 4.14. The van der Waals surface area contributed by atoms with Gasteiger partial charge in [0, 0.05) is 12.4 Å². The lowest BCUT2D eigenvalue weighted by Crippen LogP contribution is -1.92. The van der Waals surface area contributed by atoms with E-state index in [1.54, 1.807) is 6.20 Å². The van der Waals surface area contributed by atoms with Gasteiger partial charge in [0.1, 0.15) is 0 Å². The van der Waals surface area contributed by atoms with Crippen molar-refractivity contribution >= 4 is 6.08 Å². The molecule has 0 saturated carbocycles. The van der Waals surface area contributed by atoms with Crippen molar-refractivity contribution in [2.24, 2.45) is 0 Å². The Morgan fingerprint density at radius 2 is 2.07 bits per heavy atom. The zero-order valence-electron chi connectivity index (χ0n) is 7.72. The molecule has 0 bridgehead atoms. The van der Waals surface area contributed by atoms with Crippen LogP contribution in [0, 0.1) is 0 Å². The largest absolute Gasteiger partial charge is 0.241 e. The van der Waals surface area contributed by atoms with E-state index in [0.717, 1.165) is 11.3 Å². The number of hydrogen-bond donors (Lipinski definition) is 0. The van der Waals surface area contributed by atoms with Gasteiger partial charge < -0.3 is 0 Å². The molecule has 2 heteroatoms. The molecule has 2 rings (SSSR count). The van der Waals surface area contributed by atoms with Crippen LogP contribution in [0.4, 0.5) is 0 Å². The number of hydrogen-bond acceptors (Lipinski definition) is 1. The fraction of sp³-hybridized carbons (Fsp3) is 0. The fourth-order valence-corrected chi connectivity index (χ4v) is 1.26. The number of aromatic nitrogens is 2. The zero-order valence-corrected chi connectivity index (χ0v) is 7.72. The van der Waals surface area contributed by atoms with Crippen molar-refractivity contribution in [3.8, 4) is 5.69 Å². The van der Waals surface area contributed by atoms with Crippen molar-refractivity contribution in [3.05, 3.63) is 60.6 Å². The van der Waals surface area contributed by atoms with Crippen LogP contribution in [-0.2, 0) is 0 Å². The second kappa shape index (κ2) is 3.77. The lowest BCUT2D eigenvalue weighted by molar-refractivity contribution is 0.880. The first-order valence-corrected chi connectivity index (χ1v) is 4.36. The van der Waals surface area contributed by atoms with Crippen molar-refractivity contribution in [2.75, 3.05) is 0 Å². The number of benzene rings is 1. The Labute approximate surface area is 82.8 Å². The first-order chi connectivity index (χ1) is 6.90. The molecule has 0 saturated heterocycles. The highest BCUT2D eigenvalue weighted by Gasteiger charge is 1.94. The van der Waals surface area contributed by atoms with Gasteiger partial charge in [-0.15, -0.1) is 5.73 Å². The smallest absolute Gasteiger partial charge is 0.0645 e. The molecule has 68 valence electrons. The summed E-state index contributed by atoms with van der Waals surface area (Å²) in [5.74, 6) is 0. The van der Waals surface area contributed by atoms with Gasteiger partial charge >= 0.3 is 0 Å². The van der Waals surface area contributed by atoms with Gasteiger partial charge in [-0.3, -0.25) is 0 Å². The molecule has 0 radical (unpaired) electrons. The number of rotatable bonds is 2. The van der Waals surface area contributed by atoms with Crippen LogP contribution in [-0.4, -0.2) is 9.78 Å². The minimum Gasteiger partial charge on any atom is -0.241 e. The van der Waals surface area contributed by atoms with E-state index in [4.69, 9.17) is 0 Å². The maximum atomic E-state index is 4.14. The van der Waals surface area contributed by atoms with Crippen molar-refractivity contribution in [2.45, 2.75) is 0 Å². The van der Waals surface area contributed by atoms with E-state index in [-0.39, 0.29) is 0 Å².